The van der Waals surface area contributed by atoms with E-state index in [1.165, 1.54) is 0 Å². The van der Waals surface area contributed by atoms with Gasteiger partial charge in [-0.1, -0.05) is 13.3 Å². The summed E-state index contributed by atoms with van der Waals surface area (Å²) in [4.78, 5) is 11.5. The molecule has 2 aliphatic rings. The molecule has 0 bridgehead atoms. The topological polar surface area (TPSA) is 38.3 Å². The van der Waals surface area contributed by atoms with Gasteiger partial charge >= 0.3 is 0 Å². The van der Waals surface area contributed by atoms with Crippen molar-refractivity contribution in [1.29, 1.82) is 0 Å². The molecule has 0 heterocycles. The summed E-state index contributed by atoms with van der Waals surface area (Å²) in [5, 5.41) is 0. The Bertz CT molecular complexity index is 240. The molecule has 14 heavy (non-hydrogen) atoms. The molecule has 1 amide bonds. The number of hydrogen-bond donors (Lipinski definition) is 1. The molecule has 0 unspecified atom stereocenters. The summed E-state index contributed by atoms with van der Waals surface area (Å²) >= 11 is 1.11. The lowest BCUT2D eigenvalue weighted by Gasteiger charge is -2.08. The van der Waals surface area contributed by atoms with E-state index in [1.807, 2.05) is 0 Å². The van der Waals surface area contributed by atoms with Gasteiger partial charge in [-0.2, -0.15) is 0 Å². The molecule has 0 radical (unpaired) electrons. The van der Waals surface area contributed by atoms with Crippen LogP contribution in [0.4, 0.5) is 0 Å². The van der Waals surface area contributed by atoms with Crippen LogP contribution in [-0.4, -0.2) is 11.5 Å². The zero-order valence-corrected chi connectivity index (χ0v) is 9.52. The van der Waals surface area contributed by atoms with Crippen LogP contribution in [-0.2, 0) is 8.98 Å². The van der Waals surface area contributed by atoms with Gasteiger partial charge in [0, 0.05) is 5.92 Å². The minimum absolute atomic E-state index is 0.0334. The van der Waals surface area contributed by atoms with E-state index in [9.17, 15) is 4.79 Å². The Morgan fingerprint density at radius 3 is 2.86 bits per heavy atom. The van der Waals surface area contributed by atoms with E-state index in [0.29, 0.717) is 5.92 Å². The Hall–Kier alpha value is -0.220. The lowest BCUT2D eigenvalue weighted by molar-refractivity contribution is -0.120. The Morgan fingerprint density at radius 2 is 2.36 bits per heavy atom. The second kappa shape index (κ2) is 3.74. The van der Waals surface area contributed by atoms with Crippen molar-refractivity contribution in [2.45, 2.75) is 45.1 Å². The zero-order valence-electron chi connectivity index (χ0n) is 8.71. The third kappa shape index (κ3) is 2.42. The first kappa shape index (κ1) is 10.3. The number of carbonyl (C=O) groups is 1. The molecule has 2 atom stereocenters. The van der Waals surface area contributed by atoms with Gasteiger partial charge in [0.15, 0.2) is 0 Å². The average Bonchev–Trinajstić information content (AvgIpc) is 3.01. The van der Waals surface area contributed by atoms with Gasteiger partial charge in [0.1, 0.15) is 12.2 Å². The molecule has 1 N–H and O–H groups in total. The number of rotatable bonds is 5. The van der Waals surface area contributed by atoms with Gasteiger partial charge in [-0.05, 0) is 32.1 Å². The van der Waals surface area contributed by atoms with E-state index in [4.69, 9.17) is 4.18 Å². The minimum Gasteiger partial charge on any atom is -0.290 e. The highest BCUT2D eigenvalue weighted by atomic mass is 32.2. The minimum atomic E-state index is 0.0334. The molecule has 2 aliphatic carbocycles. The van der Waals surface area contributed by atoms with Gasteiger partial charge in [0.2, 0.25) is 5.91 Å². The number of nitrogens with one attached hydrogen (secondary N) is 1. The summed E-state index contributed by atoms with van der Waals surface area (Å²) in [6, 6.07) is 0. The van der Waals surface area contributed by atoms with Gasteiger partial charge in [0.05, 0.1) is 5.60 Å². The lowest BCUT2D eigenvalue weighted by Crippen LogP contribution is -2.20. The van der Waals surface area contributed by atoms with E-state index >= 15 is 0 Å². The average molecular weight is 215 g/mol. The largest absolute Gasteiger partial charge is 0.290 e. The van der Waals surface area contributed by atoms with E-state index in [0.717, 1.165) is 37.9 Å². The first-order valence-electron chi connectivity index (χ1n) is 5.29. The fourth-order valence-corrected chi connectivity index (χ4v) is 2.16. The molecular weight excluding hydrogens is 198 g/mol. The maximum absolute atomic E-state index is 11.5. The van der Waals surface area contributed by atoms with Crippen LogP contribution in [0.15, 0.2) is 0 Å². The molecule has 0 aromatic heterocycles. The SMILES string of the molecule is CC[C@@H]1C[C@@H]1C(=O)NSOC1(C)CC1. The van der Waals surface area contributed by atoms with Gasteiger partial charge in [0.25, 0.3) is 0 Å². The smallest absolute Gasteiger partial charge is 0.234 e. The summed E-state index contributed by atoms with van der Waals surface area (Å²) in [5.41, 5.74) is 0.0334. The summed E-state index contributed by atoms with van der Waals surface area (Å²) in [5.74, 6) is 1.02. The standard InChI is InChI=1S/C10H17NO2S/c1-3-7-6-8(7)9(12)11-14-13-10(2)4-5-10/h7-8H,3-6H2,1-2H3,(H,11,12)/t7-,8+/m1/s1. The van der Waals surface area contributed by atoms with Gasteiger partial charge in [-0.25, -0.2) is 0 Å². The Balaban J connectivity index is 1.59. The molecule has 0 aliphatic heterocycles. The van der Waals surface area contributed by atoms with Crippen molar-refractivity contribution in [2.75, 3.05) is 0 Å². The van der Waals surface area contributed by atoms with Crippen molar-refractivity contribution in [1.82, 2.24) is 4.72 Å². The van der Waals surface area contributed by atoms with Crippen LogP contribution in [0.2, 0.25) is 0 Å². The predicted molar refractivity (Wildman–Crippen MR) is 56.3 cm³/mol. The van der Waals surface area contributed by atoms with Crippen molar-refractivity contribution < 1.29 is 8.98 Å². The first-order valence-corrected chi connectivity index (χ1v) is 6.03. The summed E-state index contributed by atoms with van der Waals surface area (Å²) < 4.78 is 8.20. The molecule has 2 fully saturated rings. The third-order valence-electron chi connectivity index (χ3n) is 3.12. The molecule has 2 rings (SSSR count). The second-order valence-corrected chi connectivity index (χ2v) is 5.13. The third-order valence-corrected chi connectivity index (χ3v) is 3.89. The highest BCUT2D eigenvalue weighted by Crippen LogP contribution is 2.43. The fraction of sp³-hybridized carbons (Fsp3) is 0.900. The lowest BCUT2D eigenvalue weighted by atomic mass is 10.2. The Morgan fingerprint density at radius 1 is 1.64 bits per heavy atom. The van der Waals surface area contributed by atoms with E-state index < -0.39 is 0 Å². The van der Waals surface area contributed by atoms with Gasteiger partial charge in [-0.3, -0.25) is 13.7 Å². The number of carbonyl (C=O) groups excluding carboxylic acids is 1. The van der Waals surface area contributed by atoms with Crippen LogP contribution < -0.4 is 4.72 Å². The predicted octanol–water partition coefficient (Wildman–Crippen LogP) is 2.28. The van der Waals surface area contributed by atoms with Crippen LogP contribution in [0.5, 0.6) is 0 Å². The Labute approximate surface area is 89.3 Å². The van der Waals surface area contributed by atoms with E-state index in [1.54, 1.807) is 0 Å². The van der Waals surface area contributed by atoms with Gasteiger partial charge < -0.3 is 0 Å². The highest BCUT2D eigenvalue weighted by Gasteiger charge is 2.43. The summed E-state index contributed by atoms with van der Waals surface area (Å²) in [6.07, 6.45) is 4.38. The monoisotopic (exact) mass is 215 g/mol. The van der Waals surface area contributed by atoms with E-state index in [2.05, 4.69) is 18.6 Å². The fourth-order valence-electron chi connectivity index (χ4n) is 1.52. The summed E-state index contributed by atoms with van der Waals surface area (Å²) in [6.45, 7) is 4.20. The van der Waals surface area contributed by atoms with Crippen LogP contribution >= 0.6 is 12.2 Å². The molecule has 2 saturated carbocycles. The van der Waals surface area contributed by atoms with Crippen LogP contribution in [0, 0.1) is 11.8 Å². The molecule has 0 spiro atoms. The molecule has 0 aromatic carbocycles. The Kier molecular flexibility index (Phi) is 2.75. The van der Waals surface area contributed by atoms with E-state index in [-0.39, 0.29) is 17.4 Å². The van der Waals surface area contributed by atoms with Crippen molar-refractivity contribution in [2.24, 2.45) is 11.8 Å². The van der Waals surface area contributed by atoms with Crippen LogP contribution in [0.25, 0.3) is 0 Å². The second-order valence-electron chi connectivity index (χ2n) is 4.59. The van der Waals surface area contributed by atoms with Crippen LogP contribution in [0.1, 0.15) is 39.5 Å². The highest BCUT2D eigenvalue weighted by molar-refractivity contribution is 7.93. The molecule has 3 nitrogen and oxygen atoms in total. The number of hydrogen-bond acceptors (Lipinski definition) is 3. The zero-order chi connectivity index (χ0) is 10.2. The van der Waals surface area contributed by atoms with Crippen LogP contribution in [0.3, 0.4) is 0 Å². The first-order chi connectivity index (χ1) is 6.64. The molecular formula is C10H17NO2S. The molecule has 4 heteroatoms. The maximum Gasteiger partial charge on any atom is 0.234 e. The summed E-state index contributed by atoms with van der Waals surface area (Å²) in [7, 11) is 0. The molecule has 0 aromatic rings. The van der Waals surface area contributed by atoms with Crippen molar-refractivity contribution in [3.63, 3.8) is 0 Å². The van der Waals surface area contributed by atoms with Crippen molar-refractivity contribution >= 4 is 18.1 Å². The normalized spacial score (nSPS) is 32.4. The van der Waals surface area contributed by atoms with Crippen molar-refractivity contribution in [3.05, 3.63) is 0 Å². The quantitative estimate of drug-likeness (QED) is 0.565. The maximum atomic E-state index is 11.5. The molecule has 0 saturated heterocycles. The molecule has 80 valence electrons. The number of amides is 1. The van der Waals surface area contributed by atoms with Gasteiger partial charge in [-0.15, -0.1) is 0 Å². The van der Waals surface area contributed by atoms with Crippen molar-refractivity contribution in [3.8, 4) is 0 Å².